The van der Waals surface area contributed by atoms with E-state index in [0.29, 0.717) is 0 Å². The number of ether oxygens (including phenoxy) is 1. The lowest BCUT2D eigenvalue weighted by Crippen LogP contribution is -2.18. The number of halogens is 2. The van der Waals surface area contributed by atoms with E-state index in [-0.39, 0.29) is 6.04 Å². The molecule has 0 bridgehead atoms. The summed E-state index contributed by atoms with van der Waals surface area (Å²) >= 11 is 9.43. The van der Waals surface area contributed by atoms with Crippen LogP contribution in [-0.4, -0.2) is 7.11 Å². The van der Waals surface area contributed by atoms with Crippen LogP contribution in [0, 0.1) is 0 Å². The van der Waals surface area contributed by atoms with E-state index >= 15 is 0 Å². The molecule has 0 aliphatic rings. The lowest BCUT2D eigenvalue weighted by atomic mass is 10.1. The number of benzene rings is 2. The summed E-state index contributed by atoms with van der Waals surface area (Å²) in [5.74, 6) is 0.880. The van der Waals surface area contributed by atoms with Gasteiger partial charge in [0, 0.05) is 17.1 Å². The second-order valence-corrected chi connectivity index (χ2v) is 5.89. The first-order chi connectivity index (χ1) is 9.60. The Kier molecular flexibility index (Phi) is 5.46. The summed E-state index contributed by atoms with van der Waals surface area (Å²) in [5, 5.41) is 4.22. The smallest absolute Gasteiger partial charge is 0.119 e. The predicted octanol–water partition coefficient (Wildman–Crippen LogP) is 4.96. The van der Waals surface area contributed by atoms with E-state index in [1.807, 2.05) is 30.3 Å². The van der Waals surface area contributed by atoms with Crippen molar-refractivity contribution < 1.29 is 4.74 Å². The molecule has 20 heavy (non-hydrogen) atoms. The van der Waals surface area contributed by atoms with E-state index < -0.39 is 0 Å². The number of hydrogen-bond acceptors (Lipinski definition) is 2. The van der Waals surface area contributed by atoms with Gasteiger partial charge in [0.15, 0.2) is 0 Å². The van der Waals surface area contributed by atoms with Crippen molar-refractivity contribution in [3.8, 4) is 5.75 Å². The lowest BCUT2D eigenvalue weighted by Gasteiger charge is -2.15. The summed E-state index contributed by atoms with van der Waals surface area (Å²) in [6.45, 7) is 2.92. The van der Waals surface area contributed by atoms with Crippen molar-refractivity contribution in [1.82, 2.24) is 5.32 Å². The minimum atomic E-state index is 0.250. The van der Waals surface area contributed by atoms with Crippen molar-refractivity contribution in [2.24, 2.45) is 0 Å². The molecule has 0 spiro atoms. The molecule has 0 radical (unpaired) electrons. The fraction of sp³-hybridized carbons (Fsp3) is 0.250. The molecule has 0 saturated carbocycles. The van der Waals surface area contributed by atoms with Crippen LogP contribution in [0.4, 0.5) is 0 Å². The van der Waals surface area contributed by atoms with E-state index in [1.54, 1.807) is 7.11 Å². The molecule has 0 heterocycles. The molecule has 1 atom stereocenters. The number of rotatable bonds is 5. The van der Waals surface area contributed by atoms with Gasteiger partial charge in [0.05, 0.1) is 12.1 Å². The van der Waals surface area contributed by atoms with Gasteiger partial charge in [0.2, 0.25) is 0 Å². The van der Waals surface area contributed by atoms with Gasteiger partial charge in [-0.25, -0.2) is 0 Å². The van der Waals surface area contributed by atoms with Crippen molar-refractivity contribution in [3.05, 3.63) is 63.1 Å². The first kappa shape index (κ1) is 15.4. The Morgan fingerprint density at radius 1 is 1.25 bits per heavy atom. The lowest BCUT2D eigenvalue weighted by molar-refractivity contribution is 0.413. The zero-order chi connectivity index (χ0) is 14.5. The van der Waals surface area contributed by atoms with Crippen LogP contribution in [0.15, 0.2) is 46.9 Å². The topological polar surface area (TPSA) is 21.3 Å². The van der Waals surface area contributed by atoms with Crippen LogP contribution >= 0.6 is 27.5 Å². The second kappa shape index (κ2) is 7.11. The molecule has 1 N–H and O–H groups in total. The maximum atomic E-state index is 5.99. The van der Waals surface area contributed by atoms with Crippen LogP contribution in [-0.2, 0) is 6.54 Å². The van der Waals surface area contributed by atoms with Gasteiger partial charge in [-0.05, 0) is 58.2 Å². The largest absolute Gasteiger partial charge is 0.497 e. The molecule has 4 heteroatoms. The van der Waals surface area contributed by atoms with Gasteiger partial charge in [-0.3, -0.25) is 0 Å². The Labute approximate surface area is 133 Å². The maximum Gasteiger partial charge on any atom is 0.119 e. The molecule has 2 nitrogen and oxygen atoms in total. The van der Waals surface area contributed by atoms with Crippen molar-refractivity contribution >= 4 is 27.5 Å². The highest BCUT2D eigenvalue weighted by Gasteiger charge is 2.06. The summed E-state index contributed by atoms with van der Waals surface area (Å²) in [7, 11) is 1.68. The first-order valence-electron chi connectivity index (χ1n) is 6.41. The molecule has 0 amide bonds. The molecule has 1 unspecified atom stereocenters. The Morgan fingerprint density at radius 3 is 2.75 bits per heavy atom. The highest BCUT2D eigenvalue weighted by atomic mass is 79.9. The third-order valence-electron chi connectivity index (χ3n) is 3.19. The third-order valence-corrected chi connectivity index (χ3v) is 4.40. The number of hydrogen-bond donors (Lipinski definition) is 1. The van der Waals surface area contributed by atoms with Crippen LogP contribution in [0.3, 0.4) is 0 Å². The Hall–Kier alpha value is -1.03. The van der Waals surface area contributed by atoms with Gasteiger partial charge in [0.1, 0.15) is 5.75 Å². The summed E-state index contributed by atoms with van der Waals surface area (Å²) in [5.41, 5.74) is 2.40. The maximum absolute atomic E-state index is 5.99. The van der Waals surface area contributed by atoms with Crippen molar-refractivity contribution in [2.45, 2.75) is 19.5 Å². The molecule has 106 valence electrons. The average molecular weight is 355 g/mol. The summed E-state index contributed by atoms with van der Waals surface area (Å²) in [4.78, 5) is 0. The minimum absolute atomic E-state index is 0.250. The Balaban J connectivity index is 2.00. The quantitative estimate of drug-likeness (QED) is 0.819. The summed E-state index contributed by atoms with van der Waals surface area (Å²) < 4.78 is 6.17. The molecule has 2 aromatic rings. The molecular weight excluding hydrogens is 338 g/mol. The SMILES string of the molecule is COc1cccc(C(C)NCc2ccc(Cl)c(Br)c2)c1. The van der Waals surface area contributed by atoms with Crippen molar-refractivity contribution in [2.75, 3.05) is 7.11 Å². The van der Waals surface area contributed by atoms with E-state index in [0.717, 1.165) is 21.8 Å². The van der Waals surface area contributed by atoms with Crippen LogP contribution < -0.4 is 10.1 Å². The van der Waals surface area contributed by atoms with Crippen molar-refractivity contribution in [1.29, 1.82) is 0 Å². The standard InChI is InChI=1S/C16H17BrClNO/c1-11(13-4-3-5-14(9-13)20-2)19-10-12-6-7-16(18)15(17)8-12/h3-9,11,19H,10H2,1-2H3. The summed E-state index contributed by atoms with van der Waals surface area (Å²) in [6, 6.07) is 14.3. The predicted molar refractivity (Wildman–Crippen MR) is 87.4 cm³/mol. The Morgan fingerprint density at radius 2 is 2.05 bits per heavy atom. The van der Waals surface area contributed by atoms with Crippen molar-refractivity contribution in [3.63, 3.8) is 0 Å². The van der Waals surface area contributed by atoms with Gasteiger partial charge in [-0.2, -0.15) is 0 Å². The van der Waals surface area contributed by atoms with Gasteiger partial charge in [-0.15, -0.1) is 0 Å². The average Bonchev–Trinajstić information content (AvgIpc) is 2.48. The van der Waals surface area contributed by atoms with Gasteiger partial charge in [0.25, 0.3) is 0 Å². The van der Waals surface area contributed by atoms with Crippen LogP contribution in [0.1, 0.15) is 24.1 Å². The highest BCUT2D eigenvalue weighted by Crippen LogP contribution is 2.24. The summed E-state index contributed by atoms with van der Waals surface area (Å²) in [6.07, 6.45) is 0. The molecule has 0 saturated heterocycles. The molecule has 2 aromatic carbocycles. The normalized spacial score (nSPS) is 12.2. The molecule has 2 rings (SSSR count). The Bertz CT molecular complexity index is 588. The van der Waals surface area contributed by atoms with E-state index in [4.69, 9.17) is 16.3 Å². The highest BCUT2D eigenvalue weighted by molar-refractivity contribution is 9.10. The second-order valence-electron chi connectivity index (χ2n) is 4.63. The molecular formula is C16H17BrClNO. The molecule has 0 aromatic heterocycles. The van der Waals surface area contributed by atoms with E-state index in [1.165, 1.54) is 11.1 Å². The number of methoxy groups -OCH3 is 1. The molecule has 0 fully saturated rings. The zero-order valence-corrected chi connectivity index (χ0v) is 13.8. The molecule has 0 aliphatic carbocycles. The van der Waals surface area contributed by atoms with Crippen LogP contribution in [0.25, 0.3) is 0 Å². The zero-order valence-electron chi connectivity index (χ0n) is 11.5. The first-order valence-corrected chi connectivity index (χ1v) is 7.58. The van der Waals surface area contributed by atoms with Gasteiger partial charge < -0.3 is 10.1 Å². The monoisotopic (exact) mass is 353 g/mol. The fourth-order valence-electron chi connectivity index (χ4n) is 1.95. The van der Waals surface area contributed by atoms with Crippen LogP contribution in [0.5, 0.6) is 5.75 Å². The van der Waals surface area contributed by atoms with Gasteiger partial charge >= 0.3 is 0 Å². The minimum Gasteiger partial charge on any atom is -0.497 e. The third kappa shape index (κ3) is 3.98. The fourth-order valence-corrected chi connectivity index (χ4v) is 2.49. The van der Waals surface area contributed by atoms with Crippen LogP contribution in [0.2, 0.25) is 5.02 Å². The van der Waals surface area contributed by atoms with E-state index in [9.17, 15) is 0 Å². The number of nitrogens with one attached hydrogen (secondary N) is 1. The van der Waals surface area contributed by atoms with E-state index in [2.05, 4.69) is 40.3 Å². The van der Waals surface area contributed by atoms with Gasteiger partial charge in [-0.1, -0.05) is 29.8 Å². The molecule has 0 aliphatic heterocycles.